The van der Waals surface area contributed by atoms with E-state index >= 15 is 0 Å². The lowest BCUT2D eigenvalue weighted by molar-refractivity contribution is 0.187. The SMILES string of the molecule is Cn1ncc2c(NCC3CCOC3)nc(Nc3ccc(F)c(F)c3)nc21. The number of hydrogen-bond donors (Lipinski definition) is 2. The van der Waals surface area contributed by atoms with Crippen molar-refractivity contribution in [2.24, 2.45) is 13.0 Å². The lowest BCUT2D eigenvalue weighted by Crippen LogP contribution is -2.15. The van der Waals surface area contributed by atoms with Gasteiger partial charge in [-0.15, -0.1) is 0 Å². The van der Waals surface area contributed by atoms with E-state index in [4.69, 9.17) is 4.74 Å². The van der Waals surface area contributed by atoms with Crippen molar-refractivity contribution >= 4 is 28.5 Å². The van der Waals surface area contributed by atoms with E-state index in [1.54, 1.807) is 17.9 Å². The van der Waals surface area contributed by atoms with E-state index in [1.165, 1.54) is 6.07 Å². The van der Waals surface area contributed by atoms with E-state index < -0.39 is 11.6 Å². The molecule has 0 aliphatic carbocycles. The highest BCUT2D eigenvalue weighted by atomic mass is 19.2. The van der Waals surface area contributed by atoms with Crippen LogP contribution in [0.3, 0.4) is 0 Å². The van der Waals surface area contributed by atoms with Gasteiger partial charge in [-0.1, -0.05) is 0 Å². The Morgan fingerprint density at radius 3 is 2.92 bits per heavy atom. The molecule has 2 aromatic heterocycles. The summed E-state index contributed by atoms with van der Waals surface area (Å²) >= 11 is 0. The van der Waals surface area contributed by atoms with Gasteiger partial charge in [-0.25, -0.2) is 8.78 Å². The van der Waals surface area contributed by atoms with Crippen LogP contribution in [-0.2, 0) is 11.8 Å². The lowest BCUT2D eigenvalue weighted by atomic mass is 10.1. The molecular weight excluding hydrogens is 342 g/mol. The van der Waals surface area contributed by atoms with Gasteiger partial charge in [0.15, 0.2) is 17.3 Å². The van der Waals surface area contributed by atoms with Gasteiger partial charge in [0.25, 0.3) is 0 Å². The third kappa shape index (κ3) is 3.30. The first kappa shape index (κ1) is 16.6. The highest BCUT2D eigenvalue weighted by Crippen LogP contribution is 2.24. The van der Waals surface area contributed by atoms with Crippen LogP contribution in [0.1, 0.15) is 6.42 Å². The van der Waals surface area contributed by atoms with Crippen LogP contribution in [0, 0.1) is 17.6 Å². The summed E-state index contributed by atoms with van der Waals surface area (Å²) in [5, 5.41) is 11.3. The van der Waals surface area contributed by atoms with E-state index in [-0.39, 0.29) is 5.95 Å². The van der Waals surface area contributed by atoms with Crippen molar-refractivity contribution in [1.82, 2.24) is 19.7 Å². The number of ether oxygens (including phenoxy) is 1. The zero-order chi connectivity index (χ0) is 18.1. The molecule has 0 saturated carbocycles. The number of nitrogens with one attached hydrogen (secondary N) is 2. The molecule has 0 bridgehead atoms. The molecule has 26 heavy (non-hydrogen) atoms. The van der Waals surface area contributed by atoms with E-state index in [0.717, 1.165) is 43.7 Å². The van der Waals surface area contributed by atoms with Crippen LogP contribution in [0.2, 0.25) is 0 Å². The second kappa shape index (κ2) is 6.83. The number of fused-ring (bicyclic) bond motifs is 1. The molecule has 1 unspecified atom stereocenters. The van der Waals surface area contributed by atoms with E-state index in [2.05, 4.69) is 25.7 Å². The van der Waals surface area contributed by atoms with Crippen molar-refractivity contribution in [1.29, 1.82) is 0 Å². The van der Waals surface area contributed by atoms with E-state index in [0.29, 0.717) is 23.1 Å². The van der Waals surface area contributed by atoms with Crippen molar-refractivity contribution in [3.8, 4) is 0 Å². The summed E-state index contributed by atoms with van der Waals surface area (Å²) in [7, 11) is 1.78. The second-order valence-electron chi connectivity index (χ2n) is 6.27. The third-order valence-corrected chi connectivity index (χ3v) is 4.35. The number of aromatic nitrogens is 4. The van der Waals surface area contributed by atoms with Crippen molar-refractivity contribution in [2.75, 3.05) is 30.4 Å². The molecule has 1 atom stereocenters. The standard InChI is InChI=1S/C17H18F2N6O/c1-25-16-12(8-21-25)15(20-7-10-4-5-26-9-10)23-17(24-16)22-11-2-3-13(18)14(19)6-11/h2-3,6,8,10H,4-5,7,9H2,1H3,(H2,20,22,23,24). The molecule has 0 radical (unpaired) electrons. The number of halogens is 2. The molecule has 136 valence electrons. The fourth-order valence-electron chi connectivity index (χ4n) is 2.90. The van der Waals surface area contributed by atoms with Crippen LogP contribution < -0.4 is 10.6 Å². The molecule has 4 rings (SSSR count). The highest BCUT2D eigenvalue weighted by Gasteiger charge is 2.17. The Labute approximate surface area is 148 Å². The van der Waals surface area contributed by atoms with Crippen molar-refractivity contribution in [2.45, 2.75) is 6.42 Å². The zero-order valence-electron chi connectivity index (χ0n) is 14.2. The predicted octanol–water partition coefficient (Wildman–Crippen LogP) is 2.83. The molecule has 3 aromatic rings. The minimum atomic E-state index is -0.934. The van der Waals surface area contributed by atoms with Gasteiger partial charge >= 0.3 is 0 Å². The molecule has 1 saturated heterocycles. The van der Waals surface area contributed by atoms with Crippen molar-refractivity contribution < 1.29 is 13.5 Å². The maximum absolute atomic E-state index is 13.4. The van der Waals surface area contributed by atoms with Crippen LogP contribution in [0.4, 0.5) is 26.2 Å². The molecule has 1 aliphatic heterocycles. The van der Waals surface area contributed by atoms with Crippen LogP contribution >= 0.6 is 0 Å². The molecule has 1 aliphatic rings. The Morgan fingerprint density at radius 2 is 2.15 bits per heavy atom. The van der Waals surface area contributed by atoms with Gasteiger partial charge < -0.3 is 15.4 Å². The largest absolute Gasteiger partial charge is 0.381 e. The summed E-state index contributed by atoms with van der Waals surface area (Å²) in [6.45, 7) is 2.24. The summed E-state index contributed by atoms with van der Waals surface area (Å²) in [5.74, 6) is -0.493. The summed E-state index contributed by atoms with van der Waals surface area (Å²) in [5.41, 5.74) is 0.996. The molecule has 0 spiro atoms. The van der Waals surface area contributed by atoms with Crippen molar-refractivity contribution in [3.63, 3.8) is 0 Å². The highest BCUT2D eigenvalue weighted by molar-refractivity contribution is 5.87. The van der Waals surface area contributed by atoms with E-state index in [1.807, 2.05) is 0 Å². The van der Waals surface area contributed by atoms with Gasteiger partial charge in [0.05, 0.1) is 18.2 Å². The number of aryl methyl sites for hydroxylation is 1. The minimum absolute atomic E-state index is 0.275. The smallest absolute Gasteiger partial charge is 0.231 e. The Balaban J connectivity index is 1.63. The number of hydrogen-bond acceptors (Lipinski definition) is 6. The van der Waals surface area contributed by atoms with Gasteiger partial charge in [-0.3, -0.25) is 4.68 Å². The Kier molecular flexibility index (Phi) is 4.37. The van der Waals surface area contributed by atoms with Crippen molar-refractivity contribution in [3.05, 3.63) is 36.0 Å². The van der Waals surface area contributed by atoms with Gasteiger partial charge in [0.1, 0.15) is 5.82 Å². The Morgan fingerprint density at radius 1 is 1.27 bits per heavy atom. The molecule has 2 N–H and O–H groups in total. The summed E-state index contributed by atoms with van der Waals surface area (Å²) < 4.78 is 33.6. The quantitative estimate of drug-likeness (QED) is 0.729. The Hall–Kier alpha value is -2.81. The molecule has 9 heteroatoms. The average Bonchev–Trinajstić information content (AvgIpc) is 3.27. The monoisotopic (exact) mass is 360 g/mol. The van der Waals surface area contributed by atoms with Crippen LogP contribution in [-0.4, -0.2) is 39.5 Å². The number of nitrogens with zero attached hydrogens (tertiary/aromatic N) is 4. The first-order valence-corrected chi connectivity index (χ1v) is 8.33. The molecule has 0 amide bonds. The summed E-state index contributed by atoms with van der Waals surface area (Å²) in [4.78, 5) is 8.90. The maximum Gasteiger partial charge on any atom is 0.231 e. The van der Waals surface area contributed by atoms with Crippen LogP contribution in [0.25, 0.3) is 11.0 Å². The fraction of sp³-hybridized carbons (Fsp3) is 0.353. The normalized spacial score (nSPS) is 17.0. The predicted molar refractivity (Wildman–Crippen MR) is 93.4 cm³/mol. The molecule has 7 nitrogen and oxygen atoms in total. The van der Waals surface area contributed by atoms with Gasteiger partial charge in [-0.2, -0.15) is 15.1 Å². The summed E-state index contributed by atoms with van der Waals surface area (Å²) in [6, 6.07) is 3.55. The van der Waals surface area contributed by atoms with Crippen LogP contribution in [0.15, 0.2) is 24.4 Å². The molecular formula is C17H18F2N6O. The van der Waals surface area contributed by atoms with Gasteiger partial charge in [0.2, 0.25) is 5.95 Å². The first-order valence-electron chi connectivity index (χ1n) is 8.33. The zero-order valence-corrected chi connectivity index (χ0v) is 14.2. The number of anilines is 3. The summed E-state index contributed by atoms with van der Waals surface area (Å²) in [6.07, 6.45) is 2.71. The van der Waals surface area contributed by atoms with E-state index in [9.17, 15) is 8.78 Å². The second-order valence-corrected chi connectivity index (χ2v) is 6.27. The lowest BCUT2D eigenvalue weighted by Gasteiger charge is -2.12. The minimum Gasteiger partial charge on any atom is -0.381 e. The topological polar surface area (TPSA) is 76.9 Å². The molecule has 1 aromatic carbocycles. The third-order valence-electron chi connectivity index (χ3n) is 4.35. The van der Waals surface area contributed by atoms with Gasteiger partial charge in [0, 0.05) is 37.9 Å². The number of rotatable bonds is 5. The molecule has 1 fully saturated rings. The average molecular weight is 360 g/mol. The first-order chi connectivity index (χ1) is 12.6. The fourth-order valence-corrected chi connectivity index (χ4v) is 2.90. The van der Waals surface area contributed by atoms with Crippen LogP contribution in [0.5, 0.6) is 0 Å². The number of benzene rings is 1. The van der Waals surface area contributed by atoms with Gasteiger partial charge in [-0.05, 0) is 18.6 Å². The Bertz CT molecular complexity index is 938. The molecule has 3 heterocycles. The maximum atomic E-state index is 13.4.